The Balaban J connectivity index is 1.33. The van der Waals surface area contributed by atoms with Crippen LogP contribution >= 0.6 is 11.3 Å². The number of nitrogens with zero attached hydrogens (tertiary/aromatic N) is 4. The Morgan fingerprint density at radius 2 is 1.63 bits per heavy atom. The van der Waals surface area contributed by atoms with Gasteiger partial charge in [-0.05, 0) is 38.4 Å². The van der Waals surface area contributed by atoms with E-state index in [1.165, 1.54) is 18.4 Å². The predicted octanol–water partition coefficient (Wildman–Crippen LogP) is 3.01. The molecule has 1 aromatic heterocycles. The van der Waals surface area contributed by atoms with E-state index in [1.54, 1.807) is 11.3 Å². The van der Waals surface area contributed by atoms with E-state index in [0.29, 0.717) is 0 Å². The van der Waals surface area contributed by atoms with Crippen molar-refractivity contribution in [2.75, 3.05) is 39.3 Å². The Hall–Kier alpha value is -1.76. The van der Waals surface area contributed by atoms with Gasteiger partial charge in [-0.3, -0.25) is 14.6 Å². The topological polar surface area (TPSA) is 39.7 Å². The molecule has 1 amide bonds. The fourth-order valence-electron chi connectivity index (χ4n) is 3.94. The van der Waals surface area contributed by atoms with Gasteiger partial charge in [-0.2, -0.15) is 0 Å². The molecule has 4 rings (SSSR count). The highest BCUT2D eigenvalue weighted by Gasteiger charge is 2.26. The van der Waals surface area contributed by atoms with E-state index in [9.17, 15) is 4.79 Å². The van der Waals surface area contributed by atoms with Gasteiger partial charge in [0.1, 0.15) is 9.88 Å². The number of likely N-dealkylation sites (tertiary alicyclic amines) is 1. The smallest absolute Gasteiger partial charge is 0.265 e. The molecule has 6 heteroatoms. The summed E-state index contributed by atoms with van der Waals surface area (Å²) in [5.41, 5.74) is 2.23. The van der Waals surface area contributed by atoms with E-state index in [0.717, 1.165) is 67.9 Å². The monoisotopic (exact) mass is 384 g/mol. The first-order chi connectivity index (χ1) is 13.2. The van der Waals surface area contributed by atoms with Crippen LogP contribution in [0, 0.1) is 6.92 Å². The molecule has 27 heavy (non-hydrogen) atoms. The van der Waals surface area contributed by atoms with Gasteiger partial charge in [-0.25, -0.2) is 4.98 Å². The zero-order valence-corrected chi connectivity index (χ0v) is 16.9. The van der Waals surface area contributed by atoms with Crippen LogP contribution in [0.5, 0.6) is 0 Å². The van der Waals surface area contributed by atoms with E-state index < -0.39 is 0 Å². The summed E-state index contributed by atoms with van der Waals surface area (Å²) in [7, 11) is 0. The summed E-state index contributed by atoms with van der Waals surface area (Å²) < 4.78 is 0. The Bertz CT molecular complexity index is 762. The standard InChI is InChI=1S/C21H28N4OS/c1-17-20(27-19(22-17)16-23-9-5-6-10-23)21(26)25-13-11-24(12-14-25)15-18-7-3-2-4-8-18/h2-4,7-8H,5-6,9-16H2,1H3. The third-order valence-electron chi connectivity index (χ3n) is 5.50. The molecule has 0 N–H and O–H groups in total. The van der Waals surface area contributed by atoms with Crippen LogP contribution in [0.4, 0.5) is 0 Å². The molecule has 0 unspecified atom stereocenters. The summed E-state index contributed by atoms with van der Waals surface area (Å²) in [5, 5.41) is 1.08. The molecule has 0 radical (unpaired) electrons. The van der Waals surface area contributed by atoms with Crippen LogP contribution in [-0.4, -0.2) is 64.9 Å². The Morgan fingerprint density at radius 1 is 0.963 bits per heavy atom. The van der Waals surface area contributed by atoms with Gasteiger partial charge < -0.3 is 4.90 Å². The van der Waals surface area contributed by atoms with E-state index in [-0.39, 0.29) is 5.91 Å². The SMILES string of the molecule is Cc1nc(CN2CCCC2)sc1C(=O)N1CCN(Cc2ccccc2)CC1. The number of benzene rings is 1. The van der Waals surface area contributed by atoms with E-state index in [1.807, 2.05) is 11.8 Å². The largest absolute Gasteiger partial charge is 0.335 e. The number of carbonyl (C=O) groups excluding carboxylic acids is 1. The molecule has 0 spiro atoms. The molecule has 0 saturated carbocycles. The summed E-state index contributed by atoms with van der Waals surface area (Å²) in [4.78, 5) is 25.4. The van der Waals surface area contributed by atoms with Gasteiger partial charge >= 0.3 is 0 Å². The fourth-order valence-corrected chi connectivity index (χ4v) is 5.02. The maximum absolute atomic E-state index is 13.0. The lowest BCUT2D eigenvalue weighted by Crippen LogP contribution is -2.48. The molecule has 1 aromatic carbocycles. The number of carbonyl (C=O) groups is 1. The lowest BCUT2D eigenvalue weighted by molar-refractivity contribution is 0.0632. The number of aryl methyl sites for hydroxylation is 1. The third-order valence-corrected chi connectivity index (χ3v) is 6.63. The van der Waals surface area contributed by atoms with Crippen LogP contribution < -0.4 is 0 Å². The van der Waals surface area contributed by atoms with Crippen molar-refractivity contribution >= 4 is 17.2 Å². The van der Waals surface area contributed by atoms with Crippen molar-refractivity contribution in [1.82, 2.24) is 19.7 Å². The second-order valence-electron chi connectivity index (χ2n) is 7.56. The fraction of sp³-hybridized carbons (Fsp3) is 0.524. The third kappa shape index (κ3) is 4.57. The summed E-state index contributed by atoms with van der Waals surface area (Å²) in [5.74, 6) is 0.164. The van der Waals surface area contributed by atoms with Gasteiger partial charge in [0.2, 0.25) is 0 Å². The molecule has 0 bridgehead atoms. The average Bonchev–Trinajstić information content (AvgIpc) is 3.32. The van der Waals surface area contributed by atoms with Crippen LogP contribution in [0.1, 0.15) is 38.8 Å². The maximum Gasteiger partial charge on any atom is 0.265 e. The van der Waals surface area contributed by atoms with Crippen LogP contribution in [0.2, 0.25) is 0 Å². The molecule has 2 aromatic rings. The second kappa shape index (κ2) is 8.50. The van der Waals surface area contributed by atoms with Gasteiger partial charge in [-0.15, -0.1) is 11.3 Å². The van der Waals surface area contributed by atoms with Crippen LogP contribution in [0.25, 0.3) is 0 Å². The van der Waals surface area contributed by atoms with Crippen LogP contribution in [0.3, 0.4) is 0 Å². The summed E-state index contributed by atoms with van der Waals surface area (Å²) in [6.45, 7) is 9.60. The lowest BCUT2D eigenvalue weighted by Gasteiger charge is -2.34. The number of piperazine rings is 1. The molecule has 2 aliphatic rings. The first kappa shape index (κ1) is 18.6. The zero-order valence-electron chi connectivity index (χ0n) is 16.1. The van der Waals surface area contributed by atoms with E-state index in [2.05, 4.69) is 45.1 Å². The highest BCUT2D eigenvalue weighted by Crippen LogP contribution is 2.23. The number of thiazole rings is 1. The highest BCUT2D eigenvalue weighted by atomic mass is 32.1. The number of rotatable bonds is 5. The van der Waals surface area contributed by atoms with Crippen molar-refractivity contribution in [3.63, 3.8) is 0 Å². The molecule has 0 atom stereocenters. The van der Waals surface area contributed by atoms with Crippen LogP contribution in [0.15, 0.2) is 30.3 Å². The van der Waals surface area contributed by atoms with E-state index >= 15 is 0 Å². The molecule has 2 fully saturated rings. The molecule has 5 nitrogen and oxygen atoms in total. The molecule has 144 valence electrons. The van der Waals surface area contributed by atoms with Crippen LogP contribution in [-0.2, 0) is 13.1 Å². The number of hydrogen-bond donors (Lipinski definition) is 0. The van der Waals surface area contributed by atoms with Crippen molar-refractivity contribution in [2.45, 2.75) is 32.9 Å². The number of amides is 1. The van der Waals surface area contributed by atoms with Gasteiger partial charge in [0.15, 0.2) is 0 Å². The molecule has 2 saturated heterocycles. The van der Waals surface area contributed by atoms with Crippen molar-refractivity contribution in [2.24, 2.45) is 0 Å². The van der Waals surface area contributed by atoms with Gasteiger partial charge in [0, 0.05) is 32.7 Å². The number of aromatic nitrogens is 1. The lowest BCUT2D eigenvalue weighted by atomic mass is 10.2. The molecule has 3 heterocycles. The van der Waals surface area contributed by atoms with Crippen molar-refractivity contribution in [3.8, 4) is 0 Å². The first-order valence-electron chi connectivity index (χ1n) is 9.93. The van der Waals surface area contributed by atoms with Gasteiger partial charge in [0.05, 0.1) is 12.2 Å². The first-order valence-corrected chi connectivity index (χ1v) is 10.7. The minimum absolute atomic E-state index is 0.164. The molecular formula is C21H28N4OS. The van der Waals surface area contributed by atoms with Crippen molar-refractivity contribution < 1.29 is 4.79 Å². The predicted molar refractivity (Wildman–Crippen MR) is 109 cm³/mol. The normalized spacial score (nSPS) is 18.9. The van der Waals surface area contributed by atoms with Gasteiger partial charge in [-0.1, -0.05) is 30.3 Å². The summed E-state index contributed by atoms with van der Waals surface area (Å²) >= 11 is 1.59. The number of hydrogen-bond acceptors (Lipinski definition) is 5. The van der Waals surface area contributed by atoms with Crippen molar-refractivity contribution in [3.05, 3.63) is 51.5 Å². The Morgan fingerprint density at radius 3 is 2.33 bits per heavy atom. The summed E-state index contributed by atoms with van der Waals surface area (Å²) in [6, 6.07) is 10.6. The zero-order chi connectivity index (χ0) is 18.6. The van der Waals surface area contributed by atoms with Gasteiger partial charge in [0.25, 0.3) is 5.91 Å². The quantitative estimate of drug-likeness (QED) is 0.795. The Kier molecular flexibility index (Phi) is 5.86. The highest BCUT2D eigenvalue weighted by molar-refractivity contribution is 7.13. The molecular weight excluding hydrogens is 356 g/mol. The van der Waals surface area contributed by atoms with Crippen molar-refractivity contribution in [1.29, 1.82) is 0 Å². The minimum atomic E-state index is 0.164. The maximum atomic E-state index is 13.0. The molecule has 2 aliphatic heterocycles. The Labute approximate surface area is 165 Å². The second-order valence-corrected chi connectivity index (χ2v) is 8.64. The average molecular weight is 385 g/mol. The minimum Gasteiger partial charge on any atom is -0.335 e. The summed E-state index contributed by atoms with van der Waals surface area (Å²) in [6.07, 6.45) is 2.56. The van der Waals surface area contributed by atoms with E-state index in [4.69, 9.17) is 0 Å². The molecule has 0 aliphatic carbocycles.